The molecule has 0 saturated carbocycles. The van der Waals surface area contributed by atoms with Gasteiger partial charge < -0.3 is 10.1 Å². The molecule has 2 aromatic rings. The van der Waals surface area contributed by atoms with E-state index < -0.39 is 18.0 Å². The number of para-hydroxylation sites is 1. The van der Waals surface area contributed by atoms with Gasteiger partial charge in [0.2, 0.25) is 0 Å². The second kappa shape index (κ2) is 8.44. The number of aryl methyl sites for hydroxylation is 2. The lowest BCUT2D eigenvalue weighted by Crippen LogP contribution is -2.30. The lowest BCUT2D eigenvalue weighted by molar-refractivity contribution is -0.148. The Hall–Kier alpha value is -3.22. The van der Waals surface area contributed by atoms with E-state index in [1.807, 2.05) is 20.9 Å². The van der Waals surface area contributed by atoms with Gasteiger partial charge in [0.15, 0.2) is 11.9 Å². The SMILES string of the molecule is CC(=O)c1ccccc1NC(=O)[C@H](C)OC(=O)/C=C/c1c(C)nn(C)c1C. The monoisotopic (exact) mass is 369 g/mol. The van der Waals surface area contributed by atoms with Crippen LogP contribution in [0.3, 0.4) is 0 Å². The van der Waals surface area contributed by atoms with Crippen LogP contribution in [0.2, 0.25) is 0 Å². The maximum atomic E-state index is 12.3. The van der Waals surface area contributed by atoms with Crippen molar-refractivity contribution >= 4 is 29.4 Å². The molecule has 0 radical (unpaired) electrons. The molecule has 0 spiro atoms. The molecule has 0 fully saturated rings. The number of benzene rings is 1. The molecule has 0 aliphatic rings. The first-order valence-electron chi connectivity index (χ1n) is 8.50. The van der Waals surface area contributed by atoms with Gasteiger partial charge in [0, 0.05) is 29.9 Å². The number of hydrogen-bond acceptors (Lipinski definition) is 5. The van der Waals surface area contributed by atoms with Gasteiger partial charge in [-0.3, -0.25) is 14.3 Å². The summed E-state index contributed by atoms with van der Waals surface area (Å²) < 4.78 is 6.87. The maximum absolute atomic E-state index is 12.3. The van der Waals surface area contributed by atoms with Crippen molar-refractivity contribution < 1.29 is 19.1 Å². The molecule has 1 aromatic heterocycles. The predicted octanol–water partition coefficient (Wildman–Crippen LogP) is 2.82. The van der Waals surface area contributed by atoms with Gasteiger partial charge >= 0.3 is 5.97 Å². The highest BCUT2D eigenvalue weighted by atomic mass is 16.5. The molecule has 27 heavy (non-hydrogen) atoms. The van der Waals surface area contributed by atoms with Crippen LogP contribution in [0.25, 0.3) is 6.08 Å². The number of esters is 1. The van der Waals surface area contributed by atoms with E-state index >= 15 is 0 Å². The Morgan fingerprint density at radius 3 is 2.48 bits per heavy atom. The Labute approximate surface area is 158 Å². The Bertz CT molecular complexity index is 912. The van der Waals surface area contributed by atoms with Crippen LogP contribution in [0.5, 0.6) is 0 Å². The highest BCUT2D eigenvalue weighted by Gasteiger charge is 2.18. The highest BCUT2D eigenvalue weighted by Crippen LogP contribution is 2.16. The molecule has 1 aromatic carbocycles. The number of ketones is 1. The lowest BCUT2D eigenvalue weighted by atomic mass is 10.1. The summed E-state index contributed by atoms with van der Waals surface area (Å²) in [5.41, 5.74) is 3.33. The summed E-state index contributed by atoms with van der Waals surface area (Å²) in [5.74, 6) is -1.32. The normalized spacial score (nSPS) is 12.0. The van der Waals surface area contributed by atoms with Gasteiger partial charge in [-0.25, -0.2) is 4.79 Å². The number of nitrogens with zero attached hydrogens (tertiary/aromatic N) is 2. The van der Waals surface area contributed by atoms with E-state index in [-0.39, 0.29) is 5.78 Å². The summed E-state index contributed by atoms with van der Waals surface area (Å²) in [4.78, 5) is 35.9. The van der Waals surface area contributed by atoms with Crippen LogP contribution in [-0.4, -0.2) is 33.5 Å². The van der Waals surface area contributed by atoms with Crippen molar-refractivity contribution in [1.29, 1.82) is 0 Å². The van der Waals surface area contributed by atoms with E-state index in [1.165, 1.54) is 19.9 Å². The number of carbonyl (C=O) groups excluding carboxylic acids is 3. The largest absolute Gasteiger partial charge is 0.449 e. The number of amides is 1. The number of nitrogens with one attached hydrogen (secondary N) is 1. The molecule has 0 unspecified atom stereocenters. The van der Waals surface area contributed by atoms with Crippen molar-refractivity contribution in [3.8, 4) is 0 Å². The van der Waals surface area contributed by atoms with Gasteiger partial charge in [0.25, 0.3) is 5.91 Å². The van der Waals surface area contributed by atoms with Gasteiger partial charge in [-0.2, -0.15) is 5.10 Å². The van der Waals surface area contributed by atoms with Crippen molar-refractivity contribution in [2.75, 3.05) is 5.32 Å². The summed E-state index contributed by atoms with van der Waals surface area (Å²) in [6.07, 6.45) is 1.87. The van der Waals surface area contributed by atoms with Crippen LogP contribution in [0, 0.1) is 13.8 Å². The quantitative estimate of drug-likeness (QED) is 0.480. The number of hydrogen-bond donors (Lipinski definition) is 1. The standard InChI is InChI=1S/C20H23N3O4/c1-12-16(13(2)23(5)22-12)10-11-19(25)27-15(4)20(26)21-18-9-7-6-8-17(18)14(3)24/h6-11,15H,1-5H3,(H,21,26)/b11-10+/t15-/m0/s1. The van der Waals surface area contributed by atoms with E-state index in [2.05, 4.69) is 10.4 Å². The predicted molar refractivity (Wildman–Crippen MR) is 102 cm³/mol. The molecule has 7 nitrogen and oxygen atoms in total. The van der Waals surface area contributed by atoms with E-state index in [9.17, 15) is 14.4 Å². The molecule has 7 heteroatoms. The molecule has 0 aliphatic heterocycles. The number of anilines is 1. The third-order valence-electron chi connectivity index (χ3n) is 4.18. The Morgan fingerprint density at radius 2 is 1.89 bits per heavy atom. The fourth-order valence-corrected chi connectivity index (χ4v) is 2.58. The smallest absolute Gasteiger partial charge is 0.331 e. The third kappa shape index (κ3) is 4.91. The van der Waals surface area contributed by atoms with Gasteiger partial charge in [-0.05, 0) is 45.9 Å². The van der Waals surface area contributed by atoms with Crippen LogP contribution in [0.1, 0.15) is 41.2 Å². The molecule has 0 aliphatic carbocycles. The van der Waals surface area contributed by atoms with Gasteiger partial charge in [0.1, 0.15) is 0 Å². The number of carbonyl (C=O) groups is 3. The summed E-state index contributed by atoms with van der Waals surface area (Å²) >= 11 is 0. The van der Waals surface area contributed by atoms with Crippen LogP contribution in [0.15, 0.2) is 30.3 Å². The van der Waals surface area contributed by atoms with Crippen molar-refractivity contribution in [2.24, 2.45) is 7.05 Å². The molecular weight excluding hydrogens is 346 g/mol. The van der Waals surface area contributed by atoms with Crippen molar-refractivity contribution in [3.05, 3.63) is 52.9 Å². The first kappa shape index (κ1) is 20.1. The van der Waals surface area contributed by atoms with E-state index in [0.717, 1.165) is 17.0 Å². The highest BCUT2D eigenvalue weighted by molar-refractivity contribution is 6.05. The van der Waals surface area contributed by atoms with Crippen LogP contribution >= 0.6 is 0 Å². The number of rotatable bonds is 6. The zero-order valence-corrected chi connectivity index (χ0v) is 16.1. The first-order chi connectivity index (χ1) is 12.7. The van der Waals surface area contributed by atoms with E-state index in [1.54, 1.807) is 35.0 Å². The van der Waals surface area contributed by atoms with Crippen LogP contribution in [-0.2, 0) is 21.4 Å². The molecule has 142 valence electrons. The molecule has 1 N–H and O–H groups in total. The zero-order valence-electron chi connectivity index (χ0n) is 16.1. The topological polar surface area (TPSA) is 90.3 Å². The average Bonchev–Trinajstić information content (AvgIpc) is 2.85. The summed E-state index contributed by atoms with van der Waals surface area (Å²) in [6, 6.07) is 6.66. The molecule has 0 bridgehead atoms. The molecular formula is C20H23N3O4. The Morgan fingerprint density at radius 1 is 1.22 bits per heavy atom. The molecule has 0 saturated heterocycles. The minimum atomic E-state index is -1.02. The summed E-state index contributed by atoms with van der Waals surface area (Å²) in [5, 5.41) is 6.89. The number of ether oxygens (including phenoxy) is 1. The molecule has 1 amide bonds. The minimum absolute atomic E-state index is 0.166. The van der Waals surface area contributed by atoms with Crippen molar-refractivity contribution in [1.82, 2.24) is 9.78 Å². The van der Waals surface area contributed by atoms with Crippen molar-refractivity contribution in [3.63, 3.8) is 0 Å². The van der Waals surface area contributed by atoms with Gasteiger partial charge in [-0.1, -0.05) is 12.1 Å². The Balaban J connectivity index is 2.01. The molecule has 1 atom stereocenters. The molecule has 1 heterocycles. The lowest BCUT2D eigenvalue weighted by Gasteiger charge is -2.14. The van der Waals surface area contributed by atoms with E-state index in [4.69, 9.17) is 4.74 Å². The second-order valence-electron chi connectivity index (χ2n) is 6.21. The van der Waals surface area contributed by atoms with E-state index in [0.29, 0.717) is 11.3 Å². The van der Waals surface area contributed by atoms with Gasteiger partial charge in [-0.15, -0.1) is 0 Å². The summed E-state index contributed by atoms with van der Waals surface area (Å²) in [7, 11) is 1.82. The Kier molecular flexibility index (Phi) is 6.28. The number of Topliss-reactive ketones (excluding diaryl/α,β-unsaturated/α-hetero) is 1. The second-order valence-corrected chi connectivity index (χ2v) is 6.21. The zero-order chi connectivity index (χ0) is 20.1. The van der Waals surface area contributed by atoms with Gasteiger partial charge in [0.05, 0.1) is 11.4 Å². The first-order valence-corrected chi connectivity index (χ1v) is 8.50. The fourth-order valence-electron chi connectivity index (χ4n) is 2.58. The average molecular weight is 369 g/mol. The molecule has 2 rings (SSSR count). The number of aromatic nitrogens is 2. The van der Waals surface area contributed by atoms with Crippen LogP contribution < -0.4 is 5.32 Å². The van der Waals surface area contributed by atoms with Crippen LogP contribution in [0.4, 0.5) is 5.69 Å². The fraction of sp³-hybridized carbons (Fsp3) is 0.300. The summed E-state index contributed by atoms with van der Waals surface area (Å²) in [6.45, 7) is 6.63. The maximum Gasteiger partial charge on any atom is 0.331 e. The third-order valence-corrected chi connectivity index (χ3v) is 4.18. The van der Waals surface area contributed by atoms with Crippen molar-refractivity contribution in [2.45, 2.75) is 33.8 Å². The minimum Gasteiger partial charge on any atom is -0.449 e.